The summed E-state index contributed by atoms with van der Waals surface area (Å²) < 4.78 is 23.0. The van der Waals surface area contributed by atoms with Gasteiger partial charge in [-0.3, -0.25) is 9.69 Å². The molecule has 2 rings (SSSR count). The number of rotatable bonds is 6. The van der Waals surface area contributed by atoms with Crippen LogP contribution in [0.15, 0.2) is 0 Å². The highest BCUT2D eigenvalue weighted by Crippen LogP contribution is 2.25. The van der Waals surface area contributed by atoms with Crippen molar-refractivity contribution in [1.29, 1.82) is 0 Å². The first-order chi connectivity index (χ1) is 10.7. The number of nitrogens with one attached hydrogen (secondary N) is 1. The number of sulfone groups is 1. The van der Waals surface area contributed by atoms with Gasteiger partial charge in [-0.05, 0) is 52.0 Å². The number of carbonyl (C=O) groups is 1. The molecule has 1 N–H and O–H groups in total. The molecule has 2 aliphatic rings. The zero-order valence-electron chi connectivity index (χ0n) is 14.8. The third-order valence-electron chi connectivity index (χ3n) is 5.54. The summed E-state index contributed by atoms with van der Waals surface area (Å²) in [7, 11) is -3.14. The first kappa shape index (κ1) is 18.7. The van der Waals surface area contributed by atoms with Gasteiger partial charge in [0.2, 0.25) is 5.91 Å². The summed E-state index contributed by atoms with van der Waals surface area (Å²) in [4.78, 5) is 14.6. The van der Waals surface area contributed by atoms with Gasteiger partial charge in [0.05, 0.1) is 10.8 Å². The Morgan fingerprint density at radius 2 is 1.78 bits per heavy atom. The molecule has 6 heteroatoms. The molecule has 1 aliphatic heterocycles. The molecule has 1 saturated carbocycles. The maximum absolute atomic E-state index is 12.5. The van der Waals surface area contributed by atoms with E-state index in [1.807, 2.05) is 0 Å². The molecule has 1 saturated heterocycles. The van der Waals surface area contributed by atoms with Crippen molar-refractivity contribution >= 4 is 15.7 Å². The Hall–Kier alpha value is -0.620. The van der Waals surface area contributed by atoms with Crippen molar-refractivity contribution in [3.05, 3.63) is 0 Å². The zero-order chi connectivity index (χ0) is 17.1. The summed E-state index contributed by atoms with van der Waals surface area (Å²) in [5.74, 6) is 0.701. The third-order valence-corrected chi connectivity index (χ3v) is 7.68. The maximum Gasteiger partial charge on any atom is 0.237 e. The lowest BCUT2D eigenvalue weighted by atomic mass is 9.89. The normalized spacial score (nSPS) is 24.7. The smallest absolute Gasteiger partial charge is 0.237 e. The van der Waals surface area contributed by atoms with E-state index in [-0.39, 0.29) is 11.9 Å². The van der Waals surface area contributed by atoms with Gasteiger partial charge < -0.3 is 5.32 Å². The van der Waals surface area contributed by atoms with Crippen LogP contribution >= 0.6 is 0 Å². The topological polar surface area (TPSA) is 66.5 Å². The van der Waals surface area contributed by atoms with Crippen LogP contribution in [0.3, 0.4) is 0 Å². The highest BCUT2D eigenvalue weighted by molar-refractivity contribution is 7.92. The van der Waals surface area contributed by atoms with E-state index in [1.165, 1.54) is 38.4 Å². The van der Waals surface area contributed by atoms with E-state index < -0.39 is 14.6 Å². The lowest BCUT2D eigenvalue weighted by Crippen LogP contribution is -2.50. The molecule has 2 fully saturated rings. The molecule has 0 spiro atoms. The minimum absolute atomic E-state index is 0.0809. The molecule has 0 radical (unpaired) electrons. The predicted molar refractivity (Wildman–Crippen MR) is 93.1 cm³/mol. The van der Waals surface area contributed by atoms with Crippen LogP contribution in [0.2, 0.25) is 0 Å². The van der Waals surface area contributed by atoms with E-state index in [1.54, 1.807) is 13.8 Å². The number of hydrogen-bond donors (Lipinski definition) is 1. The molecule has 1 heterocycles. The van der Waals surface area contributed by atoms with Gasteiger partial charge in [0.25, 0.3) is 0 Å². The molecule has 5 nitrogen and oxygen atoms in total. The molecule has 1 atom stereocenters. The number of likely N-dealkylation sites (tertiary alicyclic amines) is 1. The van der Waals surface area contributed by atoms with Crippen molar-refractivity contribution in [2.75, 3.05) is 25.9 Å². The van der Waals surface area contributed by atoms with Crippen LogP contribution in [0.25, 0.3) is 0 Å². The van der Waals surface area contributed by atoms with Gasteiger partial charge in [0.15, 0.2) is 9.84 Å². The number of amides is 1. The SMILES string of the molecule is CC(C)(CN1CCCC1C(=O)NCC1CCCCC1)S(C)(=O)=O. The number of hydrogen-bond acceptors (Lipinski definition) is 4. The molecule has 0 bridgehead atoms. The van der Waals surface area contributed by atoms with Gasteiger partial charge in [-0.1, -0.05) is 19.3 Å². The van der Waals surface area contributed by atoms with E-state index >= 15 is 0 Å². The Balaban J connectivity index is 1.88. The first-order valence-corrected chi connectivity index (χ1v) is 10.8. The summed E-state index contributed by atoms with van der Waals surface area (Å²) in [5, 5.41) is 3.12. The fourth-order valence-electron chi connectivity index (χ4n) is 3.67. The molecule has 0 aromatic carbocycles. The summed E-state index contributed by atoms with van der Waals surface area (Å²) in [6.45, 7) is 5.50. The van der Waals surface area contributed by atoms with Crippen molar-refractivity contribution in [2.45, 2.75) is 69.6 Å². The van der Waals surface area contributed by atoms with Crippen LogP contribution in [-0.2, 0) is 14.6 Å². The maximum atomic E-state index is 12.5. The molecular weight excluding hydrogens is 312 g/mol. The quantitative estimate of drug-likeness (QED) is 0.800. The van der Waals surface area contributed by atoms with Crippen LogP contribution in [0, 0.1) is 5.92 Å². The highest BCUT2D eigenvalue weighted by Gasteiger charge is 2.38. The molecular formula is C17H32N2O3S. The minimum atomic E-state index is -3.14. The van der Waals surface area contributed by atoms with Crippen molar-refractivity contribution < 1.29 is 13.2 Å². The first-order valence-electron chi connectivity index (χ1n) is 8.92. The Morgan fingerprint density at radius 1 is 1.13 bits per heavy atom. The Labute approximate surface area is 141 Å². The summed E-state index contributed by atoms with van der Waals surface area (Å²) in [6, 6.07) is -0.167. The van der Waals surface area contributed by atoms with Gasteiger partial charge in [-0.25, -0.2) is 8.42 Å². The van der Waals surface area contributed by atoms with Gasteiger partial charge in [0, 0.05) is 19.3 Å². The lowest BCUT2D eigenvalue weighted by molar-refractivity contribution is -0.125. The van der Waals surface area contributed by atoms with Crippen molar-refractivity contribution in [1.82, 2.24) is 10.2 Å². The predicted octanol–water partition coefficient (Wildman–Crippen LogP) is 1.97. The fraction of sp³-hybridized carbons (Fsp3) is 0.941. The largest absolute Gasteiger partial charge is 0.354 e. The van der Waals surface area contributed by atoms with E-state index in [0.29, 0.717) is 12.5 Å². The van der Waals surface area contributed by atoms with Crippen molar-refractivity contribution in [3.8, 4) is 0 Å². The number of carbonyl (C=O) groups excluding carboxylic acids is 1. The highest BCUT2D eigenvalue weighted by atomic mass is 32.2. The Kier molecular flexibility index (Phi) is 6.11. The molecule has 134 valence electrons. The van der Waals surface area contributed by atoms with Gasteiger partial charge in [-0.2, -0.15) is 0 Å². The van der Waals surface area contributed by atoms with E-state index in [2.05, 4.69) is 10.2 Å². The van der Waals surface area contributed by atoms with Gasteiger partial charge in [0.1, 0.15) is 0 Å². The number of nitrogens with zero attached hydrogens (tertiary/aromatic N) is 1. The van der Waals surface area contributed by atoms with Crippen molar-refractivity contribution in [3.63, 3.8) is 0 Å². The van der Waals surface area contributed by atoms with Gasteiger partial charge in [-0.15, -0.1) is 0 Å². The summed E-state index contributed by atoms with van der Waals surface area (Å²) in [5.41, 5.74) is 0. The van der Waals surface area contributed by atoms with E-state index in [4.69, 9.17) is 0 Å². The second kappa shape index (κ2) is 7.51. The third kappa shape index (κ3) is 4.92. The molecule has 0 aromatic rings. The monoisotopic (exact) mass is 344 g/mol. The minimum Gasteiger partial charge on any atom is -0.354 e. The molecule has 0 aromatic heterocycles. The van der Waals surface area contributed by atoms with E-state index in [9.17, 15) is 13.2 Å². The molecule has 23 heavy (non-hydrogen) atoms. The van der Waals surface area contributed by atoms with Crippen LogP contribution in [0.5, 0.6) is 0 Å². The second-order valence-corrected chi connectivity index (χ2v) is 10.6. The standard InChI is InChI=1S/C17H32N2O3S/c1-17(2,23(3,21)22)13-19-11-7-10-15(19)16(20)18-12-14-8-5-4-6-9-14/h14-15H,4-13H2,1-3H3,(H,18,20). The van der Waals surface area contributed by atoms with Crippen LogP contribution in [-0.4, -0.2) is 55.9 Å². The fourth-order valence-corrected chi connectivity index (χ4v) is 4.07. The summed E-state index contributed by atoms with van der Waals surface area (Å²) >= 11 is 0. The summed E-state index contributed by atoms with van der Waals surface area (Å²) in [6.07, 6.45) is 9.38. The van der Waals surface area contributed by atoms with Crippen molar-refractivity contribution in [2.24, 2.45) is 5.92 Å². The average Bonchev–Trinajstić information content (AvgIpc) is 2.92. The zero-order valence-corrected chi connectivity index (χ0v) is 15.6. The second-order valence-electron chi connectivity index (χ2n) is 7.91. The van der Waals surface area contributed by atoms with Gasteiger partial charge >= 0.3 is 0 Å². The Bertz CT molecular complexity index is 510. The lowest BCUT2D eigenvalue weighted by Gasteiger charge is -2.32. The molecule has 1 unspecified atom stereocenters. The molecule has 1 amide bonds. The Morgan fingerprint density at radius 3 is 2.39 bits per heavy atom. The van der Waals surface area contributed by atoms with Crippen LogP contribution < -0.4 is 5.32 Å². The van der Waals surface area contributed by atoms with Crippen LogP contribution in [0.1, 0.15) is 58.8 Å². The van der Waals surface area contributed by atoms with Crippen LogP contribution in [0.4, 0.5) is 0 Å². The average molecular weight is 345 g/mol. The van der Waals surface area contributed by atoms with E-state index in [0.717, 1.165) is 25.9 Å². The molecule has 1 aliphatic carbocycles.